The molecule has 0 saturated heterocycles. The second-order valence-corrected chi connectivity index (χ2v) is 3.49. The number of nitrogens with zero attached hydrogens (tertiary/aromatic N) is 4. The Morgan fingerprint density at radius 1 is 1.59 bits per heavy atom. The molecule has 0 bridgehead atoms. The van der Waals surface area contributed by atoms with Gasteiger partial charge in [0, 0.05) is 17.7 Å². The van der Waals surface area contributed by atoms with Gasteiger partial charge in [0.25, 0.3) is 5.69 Å². The summed E-state index contributed by atoms with van der Waals surface area (Å²) in [5, 5.41) is 20.8. The lowest BCUT2D eigenvalue weighted by molar-refractivity contribution is -0.384. The van der Waals surface area contributed by atoms with Crippen molar-refractivity contribution in [1.82, 2.24) is 14.9 Å². The highest BCUT2D eigenvalue weighted by atomic mass is 32.1. The Labute approximate surface area is 101 Å². The number of nitro benzene ring substituents is 1. The molecule has 0 atom stereocenters. The maximum atomic E-state index is 10.6. The summed E-state index contributed by atoms with van der Waals surface area (Å²) in [6, 6.07) is 6.14. The fourth-order valence-electron chi connectivity index (χ4n) is 1.17. The second-order valence-electron chi connectivity index (χ2n) is 3.10. The zero-order valence-electron chi connectivity index (χ0n) is 8.48. The van der Waals surface area contributed by atoms with Crippen LogP contribution in [0.15, 0.2) is 35.7 Å². The van der Waals surface area contributed by atoms with Crippen LogP contribution in [0.25, 0.3) is 0 Å². The van der Waals surface area contributed by atoms with Crippen LogP contribution >= 0.6 is 12.2 Å². The van der Waals surface area contributed by atoms with Gasteiger partial charge < -0.3 is 0 Å². The van der Waals surface area contributed by atoms with Crippen molar-refractivity contribution < 1.29 is 4.92 Å². The van der Waals surface area contributed by atoms with Crippen LogP contribution < -0.4 is 0 Å². The van der Waals surface area contributed by atoms with E-state index in [1.807, 2.05) is 0 Å². The van der Waals surface area contributed by atoms with Gasteiger partial charge in [0.2, 0.25) is 4.77 Å². The topological polar surface area (TPSA) is 89.1 Å². The lowest BCUT2D eigenvalue weighted by Crippen LogP contribution is -1.92. The van der Waals surface area contributed by atoms with E-state index in [1.165, 1.54) is 29.4 Å². The molecule has 0 spiro atoms. The lowest BCUT2D eigenvalue weighted by atomic mass is 10.2. The van der Waals surface area contributed by atoms with Crippen LogP contribution in [0.2, 0.25) is 0 Å². The number of hydrogen-bond acceptors (Lipinski definition) is 5. The lowest BCUT2D eigenvalue weighted by Gasteiger charge is -1.94. The predicted octanol–water partition coefficient (Wildman–Crippen LogP) is 1.73. The molecule has 1 aromatic heterocycles. The van der Waals surface area contributed by atoms with Gasteiger partial charge in [-0.2, -0.15) is 14.9 Å². The third kappa shape index (κ3) is 2.61. The quantitative estimate of drug-likeness (QED) is 0.388. The zero-order chi connectivity index (χ0) is 12.3. The highest BCUT2D eigenvalue weighted by molar-refractivity contribution is 7.71. The van der Waals surface area contributed by atoms with Crippen molar-refractivity contribution in [1.29, 1.82) is 0 Å². The van der Waals surface area contributed by atoms with E-state index in [4.69, 9.17) is 12.2 Å². The number of H-pyrrole nitrogens is 1. The average Bonchev–Trinajstić information content (AvgIpc) is 2.72. The number of benzene rings is 1. The Balaban J connectivity index is 2.27. The van der Waals surface area contributed by atoms with Crippen molar-refractivity contribution in [3.05, 3.63) is 51.0 Å². The number of nitrogens with one attached hydrogen (secondary N) is 1. The average molecular weight is 249 g/mol. The molecular weight excluding hydrogens is 242 g/mol. The van der Waals surface area contributed by atoms with Crippen molar-refractivity contribution in [3.8, 4) is 0 Å². The first-order chi connectivity index (χ1) is 8.16. The molecule has 0 saturated carbocycles. The highest BCUT2D eigenvalue weighted by Gasteiger charge is 2.03. The SMILES string of the molecule is O=[N+]([O-])c1cccc(C=Nn2cn[nH]c2=S)c1. The van der Waals surface area contributed by atoms with E-state index in [0.717, 1.165) is 0 Å². The summed E-state index contributed by atoms with van der Waals surface area (Å²) in [4.78, 5) is 10.1. The van der Waals surface area contributed by atoms with Gasteiger partial charge in [0.1, 0.15) is 6.33 Å². The van der Waals surface area contributed by atoms with E-state index >= 15 is 0 Å². The number of rotatable bonds is 3. The van der Waals surface area contributed by atoms with E-state index in [9.17, 15) is 10.1 Å². The minimum absolute atomic E-state index is 0.0183. The predicted molar refractivity (Wildman–Crippen MR) is 63.5 cm³/mol. The van der Waals surface area contributed by atoms with Gasteiger partial charge in [-0.25, -0.2) is 0 Å². The molecule has 0 aliphatic heterocycles. The summed E-state index contributed by atoms with van der Waals surface area (Å²) in [6.45, 7) is 0. The number of hydrogen-bond donors (Lipinski definition) is 1. The third-order valence-electron chi connectivity index (χ3n) is 1.95. The number of aromatic amines is 1. The molecule has 1 N–H and O–H groups in total. The van der Waals surface area contributed by atoms with Crippen LogP contribution in [0.5, 0.6) is 0 Å². The van der Waals surface area contributed by atoms with Crippen LogP contribution in [0.1, 0.15) is 5.56 Å². The van der Waals surface area contributed by atoms with Gasteiger partial charge in [-0.05, 0) is 12.2 Å². The molecule has 1 aromatic carbocycles. The molecule has 86 valence electrons. The van der Waals surface area contributed by atoms with Gasteiger partial charge in [-0.15, -0.1) is 0 Å². The molecule has 0 fully saturated rings. The molecule has 1 heterocycles. The van der Waals surface area contributed by atoms with Gasteiger partial charge in [-0.1, -0.05) is 12.1 Å². The number of nitro groups is 1. The maximum Gasteiger partial charge on any atom is 0.270 e. The molecular formula is C9H7N5O2S. The summed E-state index contributed by atoms with van der Waals surface area (Å²) in [6.07, 6.45) is 2.88. The van der Waals surface area contributed by atoms with Gasteiger partial charge in [0.05, 0.1) is 11.1 Å². The van der Waals surface area contributed by atoms with Crippen molar-refractivity contribution in [3.63, 3.8) is 0 Å². The molecule has 0 aliphatic carbocycles. The van der Waals surface area contributed by atoms with Crippen molar-refractivity contribution in [2.24, 2.45) is 5.10 Å². The molecule has 7 nitrogen and oxygen atoms in total. The van der Waals surface area contributed by atoms with E-state index < -0.39 is 4.92 Å². The Hall–Kier alpha value is -2.35. The van der Waals surface area contributed by atoms with E-state index in [-0.39, 0.29) is 5.69 Å². The smallest absolute Gasteiger partial charge is 0.258 e. The summed E-state index contributed by atoms with van der Waals surface area (Å²) in [5.41, 5.74) is 0.632. The molecule has 0 unspecified atom stereocenters. The molecule has 0 amide bonds. The fourth-order valence-corrected chi connectivity index (χ4v) is 1.32. The van der Waals surface area contributed by atoms with Gasteiger partial charge in [-0.3, -0.25) is 15.2 Å². The van der Waals surface area contributed by atoms with Crippen LogP contribution in [0, 0.1) is 14.9 Å². The molecule has 17 heavy (non-hydrogen) atoms. The van der Waals surface area contributed by atoms with Gasteiger partial charge in [0.15, 0.2) is 0 Å². The first kappa shape index (κ1) is 11.1. The first-order valence-electron chi connectivity index (χ1n) is 4.57. The largest absolute Gasteiger partial charge is 0.270 e. The Morgan fingerprint density at radius 2 is 2.41 bits per heavy atom. The highest BCUT2D eigenvalue weighted by Crippen LogP contribution is 2.11. The summed E-state index contributed by atoms with van der Waals surface area (Å²) in [7, 11) is 0. The Morgan fingerprint density at radius 3 is 3.06 bits per heavy atom. The second kappa shape index (κ2) is 4.66. The summed E-state index contributed by atoms with van der Waals surface area (Å²) >= 11 is 4.89. The number of non-ortho nitro benzene ring substituents is 1. The fraction of sp³-hybridized carbons (Fsp3) is 0. The first-order valence-corrected chi connectivity index (χ1v) is 4.98. The van der Waals surface area contributed by atoms with Crippen LogP contribution in [0.3, 0.4) is 0 Å². The molecule has 0 aliphatic rings. The van der Waals surface area contributed by atoms with Crippen molar-refractivity contribution in [2.45, 2.75) is 0 Å². The van der Waals surface area contributed by atoms with Gasteiger partial charge >= 0.3 is 0 Å². The molecule has 2 rings (SSSR count). The Kier molecular flexibility index (Phi) is 3.06. The standard InChI is InChI=1S/C9H7N5O2S/c15-14(16)8-3-1-2-7(4-8)5-11-13-6-10-12-9(13)17/h1-6H,(H,12,17). The van der Waals surface area contributed by atoms with Crippen molar-refractivity contribution >= 4 is 24.1 Å². The molecule has 8 heteroatoms. The minimum atomic E-state index is -0.457. The van der Waals surface area contributed by atoms with Crippen LogP contribution in [-0.2, 0) is 0 Å². The van der Waals surface area contributed by atoms with E-state index in [2.05, 4.69) is 15.3 Å². The summed E-state index contributed by atoms with van der Waals surface area (Å²) in [5.74, 6) is 0. The van der Waals surface area contributed by atoms with Crippen molar-refractivity contribution in [2.75, 3.05) is 0 Å². The third-order valence-corrected chi connectivity index (χ3v) is 2.23. The minimum Gasteiger partial charge on any atom is -0.258 e. The van der Waals surface area contributed by atoms with Crippen LogP contribution in [-0.4, -0.2) is 26.0 Å². The molecule has 0 radical (unpaired) electrons. The number of aromatic nitrogens is 3. The Bertz CT molecular complexity index is 630. The van der Waals surface area contributed by atoms with E-state index in [0.29, 0.717) is 10.3 Å². The zero-order valence-corrected chi connectivity index (χ0v) is 9.29. The maximum absolute atomic E-state index is 10.6. The molecule has 2 aromatic rings. The summed E-state index contributed by atoms with van der Waals surface area (Å²) < 4.78 is 1.71. The normalized spacial score (nSPS) is 10.8. The van der Waals surface area contributed by atoms with E-state index in [1.54, 1.807) is 12.1 Å². The van der Waals surface area contributed by atoms with Crippen LogP contribution in [0.4, 0.5) is 5.69 Å². The monoisotopic (exact) mass is 249 g/mol.